The second-order valence-corrected chi connectivity index (χ2v) is 16.5. The van der Waals surface area contributed by atoms with Gasteiger partial charge in [0.15, 0.2) is 17.7 Å². The van der Waals surface area contributed by atoms with Crippen molar-refractivity contribution in [3.05, 3.63) is 12.2 Å². The van der Waals surface area contributed by atoms with Crippen LogP contribution in [0.25, 0.3) is 0 Å². The highest BCUT2D eigenvalue weighted by Gasteiger charge is 2.85. The first-order valence-corrected chi connectivity index (χ1v) is 17.7. The maximum atomic E-state index is 14.1. The van der Waals surface area contributed by atoms with Gasteiger partial charge < -0.3 is 34.6 Å². The molecule has 11 nitrogen and oxygen atoms in total. The molecule has 0 heterocycles. The largest absolute Gasteiger partial charge is 0.462 e. The number of aliphatic hydroxyl groups is 4. The highest BCUT2D eigenvalue weighted by Crippen LogP contribution is 2.87. The van der Waals surface area contributed by atoms with Crippen LogP contribution >= 0.6 is 0 Å². The molecule has 5 fully saturated rings. The molecule has 11 heteroatoms. The quantitative estimate of drug-likeness (QED) is 0.177. The van der Waals surface area contributed by atoms with E-state index in [1.165, 1.54) is 13.8 Å². The van der Waals surface area contributed by atoms with E-state index in [0.717, 1.165) is 19.3 Å². The lowest BCUT2D eigenvalue weighted by molar-refractivity contribution is -0.181. The minimum absolute atomic E-state index is 0.00264. The Kier molecular flexibility index (Phi) is 9.93. The second kappa shape index (κ2) is 12.9. The molecule has 2 spiro atoms. The topological polar surface area (TPSA) is 177 Å². The Morgan fingerprint density at radius 3 is 2.29 bits per heavy atom. The standard InChI is InChI=1S/C37H56O11/c1-18(15-46-16-24(41)14-38)19(2)30(43)32(48-23(6)40)21(4)28-26(47-22(5)39)13-35(8)27-10-9-25-20(3)29(42)31(44)33(45)37(25)17-36(27,37)12-11-34(28,35)7/h18,20-21,24-29,31-32,38,41-42,44H,2,9-17H2,1,3-8H3/t18-,20-,21-,24?,25?,26-,27?,28-,29?,31?,32+,34+,35-,36-,37+/m0/s1. The van der Waals surface area contributed by atoms with Crippen molar-refractivity contribution in [3.63, 3.8) is 0 Å². The number of esters is 2. The molecule has 5 saturated carbocycles. The Morgan fingerprint density at radius 2 is 1.69 bits per heavy atom. The van der Waals surface area contributed by atoms with Crippen molar-refractivity contribution in [3.8, 4) is 0 Å². The minimum Gasteiger partial charge on any atom is -0.462 e. The van der Waals surface area contributed by atoms with Crippen molar-refractivity contribution in [1.29, 1.82) is 0 Å². The lowest BCUT2D eigenvalue weighted by Crippen LogP contribution is -2.61. The van der Waals surface area contributed by atoms with E-state index in [4.69, 9.17) is 19.3 Å². The van der Waals surface area contributed by atoms with Gasteiger partial charge in [0.25, 0.3) is 0 Å². The number of hydrogen-bond acceptors (Lipinski definition) is 11. The Hall–Kier alpha value is -2.18. The van der Waals surface area contributed by atoms with E-state index in [0.29, 0.717) is 19.3 Å². The summed E-state index contributed by atoms with van der Waals surface area (Å²) in [5.74, 6) is -3.22. The van der Waals surface area contributed by atoms with Crippen LogP contribution in [0.15, 0.2) is 12.2 Å². The molecule has 4 N–H and O–H groups in total. The normalized spacial score (nSPS) is 43.7. The van der Waals surface area contributed by atoms with Crippen LogP contribution in [0, 0.1) is 57.2 Å². The highest BCUT2D eigenvalue weighted by atomic mass is 16.6. The average molecular weight is 677 g/mol. The zero-order valence-corrected chi connectivity index (χ0v) is 29.6. The van der Waals surface area contributed by atoms with Gasteiger partial charge in [-0.2, -0.15) is 0 Å². The lowest BCUT2D eigenvalue weighted by Gasteiger charge is -2.61. The van der Waals surface area contributed by atoms with Crippen molar-refractivity contribution < 1.29 is 53.8 Å². The number of ketones is 2. The van der Waals surface area contributed by atoms with Gasteiger partial charge in [-0.25, -0.2) is 0 Å². The van der Waals surface area contributed by atoms with Crippen LogP contribution in [-0.4, -0.2) is 94.3 Å². The zero-order chi connectivity index (χ0) is 35.7. The average Bonchev–Trinajstić information content (AvgIpc) is 3.66. The molecule has 0 bridgehead atoms. The van der Waals surface area contributed by atoms with Gasteiger partial charge >= 0.3 is 11.9 Å². The predicted molar refractivity (Wildman–Crippen MR) is 173 cm³/mol. The van der Waals surface area contributed by atoms with Crippen LogP contribution in [0.1, 0.15) is 87.0 Å². The fourth-order valence-electron chi connectivity index (χ4n) is 11.9. The number of fused-ring (bicyclic) bond motifs is 2. The first kappa shape index (κ1) is 37.1. The molecule has 0 aromatic rings. The predicted octanol–water partition coefficient (Wildman–Crippen LogP) is 2.79. The summed E-state index contributed by atoms with van der Waals surface area (Å²) < 4.78 is 17.3. The Morgan fingerprint density at radius 1 is 1.02 bits per heavy atom. The summed E-state index contributed by atoms with van der Waals surface area (Å²) in [6.45, 7) is 16.2. The van der Waals surface area contributed by atoms with Gasteiger partial charge in [-0.05, 0) is 78.1 Å². The fourth-order valence-corrected chi connectivity index (χ4v) is 11.9. The molecule has 0 aromatic heterocycles. The summed E-state index contributed by atoms with van der Waals surface area (Å²) in [5.41, 5.74) is -1.64. The number of hydrogen-bond donors (Lipinski definition) is 4. The van der Waals surface area contributed by atoms with Crippen LogP contribution in [-0.2, 0) is 33.4 Å². The van der Waals surface area contributed by atoms with E-state index in [-0.39, 0.29) is 53.7 Å². The molecule has 0 aliphatic heterocycles. The summed E-state index contributed by atoms with van der Waals surface area (Å²) in [5, 5.41) is 40.3. The van der Waals surface area contributed by atoms with E-state index in [2.05, 4.69) is 20.4 Å². The molecular formula is C37H56O11. The van der Waals surface area contributed by atoms with Crippen LogP contribution < -0.4 is 0 Å². The number of ether oxygens (including phenoxy) is 3. The summed E-state index contributed by atoms with van der Waals surface area (Å²) in [7, 11) is 0. The van der Waals surface area contributed by atoms with Crippen molar-refractivity contribution in [2.24, 2.45) is 57.2 Å². The van der Waals surface area contributed by atoms with Crippen molar-refractivity contribution in [2.45, 2.75) is 118 Å². The van der Waals surface area contributed by atoms with Gasteiger partial charge in [0, 0.05) is 37.0 Å². The molecule has 0 amide bonds. The zero-order valence-electron chi connectivity index (χ0n) is 29.6. The third-order valence-electron chi connectivity index (χ3n) is 14.3. The SMILES string of the molecule is C=C(C(=O)[C@H](OC(C)=O)[C@@H](C)[C@H]1[C@@H](OC(C)=O)C[C@@]2(C)C3CCC4[C@H](C)C(O)C(O)C(=O)[C@@]45C[C@@]35CC[C@]12C)[C@@H](C)COCC(O)CO. The molecule has 0 aromatic carbocycles. The lowest BCUT2D eigenvalue weighted by atomic mass is 9.42. The number of Topliss-reactive ketones (excluding diaryl/α,β-unsaturated/α-hetero) is 2. The first-order valence-electron chi connectivity index (χ1n) is 17.7. The van der Waals surface area contributed by atoms with Crippen molar-refractivity contribution >= 4 is 23.5 Å². The monoisotopic (exact) mass is 676 g/mol. The maximum Gasteiger partial charge on any atom is 0.303 e. The van der Waals surface area contributed by atoms with Gasteiger partial charge in [0.2, 0.25) is 0 Å². The van der Waals surface area contributed by atoms with E-state index >= 15 is 0 Å². The molecule has 5 aliphatic rings. The number of rotatable bonds is 12. The Balaban J connectivity index is 1.47. The number of carbonyl (C=O) groups is 4. The van der Waals surface area contributed by atoms with Gasteiger partial charge in [-0.1, -0.05) is 41.2 Å². The molecule has 5 rings (SSSR count). The van der Waals surface area contributed by atoms with Crippen LogP contribution in [0.3, 0.4) is 0 Å². The second-order valence-electron chi connectivity index (χ2n) is 16.5. The molecule has 0 radical (unpaired) electrons. The van der Waals surface area contributed by atoms with Gasteiger partial charge in [0.1, 0.15) is 18.3 Å². The molecule has 0 saturated heterocycles. The van der Waals surface area contributed by atoms with Gasteiger partial charge in [-0.15, -0.1) is 0 Å². The Bertz CT molecular complexity index is 1330. The molecule has 5 unspecified atom stereocenters. The fraction of sp³-hybridized carbons (Fsp3) is 0.838. The van der Waals surface area contributed by atoms with Gasteiger partial charge in [-0.3, -0.25) is 19.2 Å². The smallest absolute Gasteiger partial charge is 0.303 e. The van der Waals surface area contributed by atoms with Crippen LogP contribution in [0.5, 0.6) is 0 Å². The van der Waals surface area contributed by atoms with Crippen molar-refractivity contribution in [2.75, 3.05) is 19.8 Å². The summed E-state index contributed by atoms with van der Waals surface area (Å²) in [6.07, 6.45) is -1.00. The summed E-state index contributed by atoms with van der Waals surface area (Å²) in [6, 6.07) is 0. The van der Waals surface area contributed by atoms with Crippen molar-refractivity contribution in [1.82, 2.24) is 0 Å². The molecule has 270 valence electrons. The van der Waals surface area contributed by atoms with E-state index in [9.17, 15) is 34.5 Å². The van der Waals surface area contributed by atoms with Crippen LogP contribution in [0.4, 0.5) is 0 Å². The first-order chi connectivity index (χ1) is 22.3. The van der Waals surface area contributed by atoms with E-state index in [1.807, 2.05) is 13.8 Å². The highest BCUT2D eigenvalue weighted by molar-refractivity contribution is 6.00. The molecular weight excluding hydrogens is 620 g/mol. The molecule has 15 atom stereocenters. The number of aliphatic hydroxyl groups excluding tert-OH is 4. The summed E-state index contributed by atoms with van der Waals surface area (Å²) >= 11 is 0. The maximum absolute atomic E-state index is 14.1. The third kappa shape index (κ3) is 5.33. The minimum atomic E-state index is -1.39. The molecule has 5 aliphatic carbocycles. The third-order valence-corrected chi connectivity index (χ3v) is 14.3. The molecule has 48 heavy (non-hydrogen) atoms. The number of carbonyl (C=O) groups excluding carboxylic acids is 4. The van der Waals surface area contributed by atoms with Crippen LogP contribution in [0.2, 0.25) is 0 Å². The van der Waals surface area contributed by atoms with E-state index in [1.54, 1.807) is 6.92 Å². The summed E-state index contributed by atoms with van der Waals surface area (Å²) in [4.78, 5) is 53.0. The van der Waals surface area contributed by atoms with E-state index < -0.39 is 82.9 Å². The Labute approximate surface area is 283 Å². The van der Waals surface area contributed by atoms with Gasteiger partial charge in [0.05, 0.1) is 25.9 Å².